The average molecular weight is 445 g/mol. The molecule has 0 spiro atoms. The second-order valence-electron chi connectivity index (χ2n) is 7.69. The van der Waals surface area contributed by atoms with Crippen LogP contribution in [0.2, 0.25) is 0 Å². The van der Waals surface area contributed by atoms with Crippen molar-refractivity contribution in [3.05, 3.63) is 59.4 Å². The molecule has 1 saturated heterocycles. The number of ether oxygens (including phenoxy) is 3. The van der Waals surface area contributed by atoms with Gasteiger partial charge in [0, 0.05) is 40.3 Å². The Morgan fingerprint density at radius 3 is 2.44 bits per heavy atom. The zero-order chi connectivity index (χ0) is 22.9. The van der Waals surface area contributed by atoms with E-state index in [0.717, 1.165) is 30.2 Å². The zero-order valence-electron chi connectivity index (χ0n) is 19.3. The molecule has 0 saturated carbocycles. The normalized spacial score (nSPS) is 15.8. The number of methoxy groups -OCH3 is 2. The van der Waals surface area contributed by atoms with Gasteiger partial charge in [0.25, 0.3) is 0 Å². The van der Waals surface area contributed by atoms with Crippen LogP contribution in [0.1, 0.15) is 17.2 Å². The third kappa shape index (κ3) is 6.11. The van der Waals surface area contributed by atoms with Crippen LogP contribution >= 0.6 is 0 Å². The van der Waals surface area contributed by atoms with Crippen LogP contribution in [0.4, 0.5) is 4.39 Å². The summed E-state index contributed by atoms with van der Waals surface area (Å²) in [6.45, 7) is 4.41. The van der Waals surface area contributed by atoms with Crippen molar-refractivity contribution in [2.24, 2.45) is 4.99 Å². The predicted octanol–water partition coefficient (Wildman–Crippen LogP) is 2.92. The highest BCUT2D eigenvalue weighted by Gasteiger charge is 2.24. The van der Waals surface area contributed by atoms with Crippen LogP contribution in [0, 0.1) is 5.82 Å². The molecule has 1 fully saturated rings. The number of hydrogen-bond donors (Lipinski definition) is 1. The van der Waals surface area contributed by atoms with E-state index < -0.39 is 0 Å². The van der Waals surface area contributed by atoms with E-state index in [0.29, 0.717) is 37.8 Å². The van der Waals surface area contributed by atoms with Gasteiger partial charge in [0.1, 0.15) is 5.82 Å². The Kier molecular flexibility index (Phi) is 8.70. The number of hydrogen-bond acceptors (Lipinski definition) is 5. The molecule has 1 heterocycles. The highest BCUT2D eigenvalue weighted by Crippen LogP contribution is 2.32. The maximum Gasteiger partial charge on any atom is 0.193 e. The van der Waals surface area contributed by atoms with Crippen molar-refractivity contribution in [2.75, 3.05) is 61.2 Å². The summed E-state index contributed by atoms with van der Waals surface area (Å²) in [5, 5.41) is 3.51. The molecule has 0 amide bonds. The lowest BCUT2D eigenvalue weighted by atomic mass is 10.0. The summed E-state index contributed by atoms with van der Waals surface area (Å²) in [6, 6.07) is 12.7. The number of aliphatic imine (C=N–C) groups is 1. The van der Waals surface area contributed by atoms with Crippen LogP contribution in [0.25, 0.3) is 0 Å². The van der Waals surface area contributed by atoms with E-state index in [2.05, 4.69) is 21.3 Å². The predicted molar refractivity (Wildman–Crippen MR) is 124 cm³/mol. The fourth-order valence-electron chi connectivity index (χ4n) is 3.92. The molecule has 2 aromatic carbocycles. The highest BCUT2D eigenvalue weighted by atomic mass is 19.1. The van der Waals surface area contributed by atoms with Gasteiger partial charge in [0.15, 0.2) is 17.5 Å². The van der Waals surface area contributed by atoms with Crippen LogP contribution in [0.3, 0.4) is 0 Å². The topological polar surface area (TPSA) is 58.6 Å². The van der Waals surface area contributed by atoms with Gasteiger partial charge in [-0.3, -0.25) is 9.89 Å². The number of rotatable bonds is 8. The Balaban J connectivity index is 1.74. The molecule has 0 aromatic heterocycles. The van der Waals surface area contributed by atoms with Gasteiger partial charge >= 0.3 is 0 Å². The van der Waals surface area contributed by atoms with Gasteiger partial charge in [-0.25, -0.2) is 4.39 Å². The van der Waals surface area contributed by atoms with Gasteiger partial charge in [-0.1, -0.05) is 18.2 Å². The summed E-state index contributed by atoms with van der Waals surface area (Å²) < 4.78 is 29.7. The molecule has 3 rings (SSSR count). The number of halogens is 1. The first kappa shape index (κ1) is 23.8. The van der Waals surface area contributed by atoms with Gasteiger partial charge in [-0.2, -0.15) is 0 Å². The van der Waals surface area contributed by atoms with Crippen molar-refractivity contribution in [1.82, 2.24) is 15.1 Å². The summed E-state index contributed by atoms with van der Waals surface area (Å²) in [5.41, 5.74) is 2.15. The molecule has 7 nitrogen and oxygen atoms in total. The fourth-order valence-corrected chi connectivity index (χ4v) is 3.92. The molecule has 0 bridgehead atoms. The van der Waals surface area contributed by atoms with Crippen molar-refractivity contribution >= 4 is 5.96 Å². The monoisotopic (exact) mass is 444 g/mol. The molecule has 32 heavy (non-hydrogen) atoms. The molecule has 8 heteroatoms. The lowest BCUT2D eigenvalue weighted by molar-refractivity contribution is 0.0168. The summed E-state index contributed by atoms with van der Waals surface area (Å²) in [7, 11) is 7.03. The van der Waals surface area contributed by atoms with Crippen LogP contribution in [-0.2, 0) is 11.3 Å². The van der Waals surface area contributed by atoms with Gasteiger partial charge < -0.3 is 24.4 Å². The van der Waals surface area contributed by atoms with E-state index in [-0.39, 0.29) is 11.9 Å². The van der Waals surface area contributed by atoms with Gasteiger partial charge in [-0.05, 0) is 35.4 Å². The van der Waals surface area contributed by atoms with Crippen molar-refractivity contribution in [3.8, 4) is 11.5 Å². The quantitative estimate of drug-likeness (QED) is 0.499. The number of nitrogens with one attached hydrogen (secondary N) is 1. The van der Waals surface area contributed by atoms with Crippen molar-refractivity contribution < 1.29 is 18.6 Å². The largest absolute Gasteiger partial charge is 0.493 e. The van der Waals surface area contributed by atoms with Crippen molar-refractivity contribution in [1.29, 1.82) is 0 Å². The summed E-state index contributed by atoms with van der Waals surface area (Å²) in [4.78, 5) is 8.88. The molecule has 1 aliphatic rings. The van der Waals surface area contributed by atoms with Gasteiger partial charge in [-0.15, -0.1) is 0 Å². The molecule has 1 atom stereocenters. The summed E-state index contributed by atoms with van der Waals surface area (Å²) in [5.74, 6) is 1.95. The van der Waals surface area contributed by atoms with E-state index >= 15 is 0 Å². The smallest absolute Gasteiger partial charge is 0.193 e. The standard InChI is InChI=1S/C24H33FN4O3/c1-26-24(28(2)17-18-5-8-20(25)9-6-18)27-16-21(29-11-13-32-14-12-29)19-7-10-22(30-3)23(15-19)31-4/h5-10,15,21H,11-14,16-17H2,1-4H3,(H,26,27). The SMILES string of the molecule is CN=C(NCC(c1ccc(OC)c(OC)c1)N1CCOCC1)N(C)Cc1ccc(F)cc1. The molecule has 1 aliphatic heterocycles. The number of morpholine rings is 1. The third-order valence-corrected chi connectivity index (χ3v) is 5.64. The minimum atomic E-state index is -0.234. The first-order valence-electron chi connectivity index (χ1n) is 10.8. The number of benzene rings is 2. The minimum Gasteiger partial charge on any atom is -0.493 e. The second kappa shape index (κ2) is 11.7. The molecule has 174 valence electrons. The average Bonchev–Trinajstić information content (AvgIpc) is 2.83. The molecule has 1 unspecified atom stereocenters. The Bertz CT molecular complexity index is 885. The Hall–Kier alpha value is -2.84. The Labute approximate surface area is 189 Å². The first-order valence-corrected chi connectivity index (χ1v) is 10.8. The lowest BCUT2D eigenvalue weighted by Gasteiger charge is -2.36. The molecular weight excluding hydrogens is 411 g/mol. The molecule has 0 aliphatic carbocycles. The maximum absolute atomic E-state index is 13.2. The van der Waals surface area contributed by atoms with Crippen LogP contribution < -0.4 is 14.8 Å². The fraction of sp³-hybridized carbons (Fsp3) is 0.458. The summed E-state index contributed by atoms with van der Waals surface area (Å²) in [6.07, 6.45) is 0. The molecular formula is C24H33FN4O3. The highest BCUT2D eigenvalue weighted by molar-refractivity contribution is 5.79. The lowest BCUT2D eigenvalue weighted by Crippen LogP contribution is -2.46. The van der Waals surface area contributed by atoms with Gasteiger partial charge in [0.05, 0.1) is 33.5 Å². The van der Waals surface area contributed by atoms with Crippen LogP contribution in [0.5, 0.6) is 11.5 Å². The number of nitrogens with zero attached hydrogens (tertiary/aromatic N) is 3. The Morgan fingerprint density at radius 2 is 1.81 bits per heavy atom. The van der Waals surface area contributed by atoms with E-state index in [1.165, 1.54) is 12.1 Å². The Morgan fingerprint density at radius 1 is 1.12 bits per heavy atom. The molecule has 0 radical (unpaired) electrons. The van der Waals surface area contributed by atoms with E-state index in [1.807, 2.05) is 24.1 Å². The summed E-state index contributed by atoms with van der Waals surface area (Å²) >= 11 is 0. The number of guanidine groups is 1. The van der Waals surface area contributed by atoms with Crippen molar-refractivity contribution in [3.63, 3.8) is 0 Å². The van der Waals surface area contributed by atoms with Gasteiger partial charge in [0.2, 0.25) is 0 Å². The molecule has 2 aromatic rings. The van der Waals surface area contributed by atoms with Crippen LogP contribution in [0.15, 0.2) is 47.5 Å². The van der Waals surface area contributed by atoms with E-state index in [4.69, 9.17) is 14.2 Å². The maximum atomic E-state index is 13.2. The third-order valence-electron chi connectivity index (χ3n) is 5.64. The second-order valence-corrected chi connectivity index (χ2v) is 7.69. The zero-order valence-corrected chi connectivity index (χ0v) is 19.3. The van der Waals surface area contributed by atoms with Crippen molar-refractivity contribution in [2.45, 2.75) is 12.6 Å². The molecule has 1 N–H and O–H groups in total. The minimum absolute atomic E-state index is 0.106. The van der Waals surface area contributed by atoms with E-state index in [1.54, 1.807) is 33.4 Å². The first-order chi connectivity index (χ1) is 15.5. The van der Waals surface area contributed by atoms with Crippen LogP contribution in [-0.4, -0.2) is 76.9 Å². The van der Waals surface area contributed by atoms with E-state index in [9.17, 15) is 4.39 Å².